The Balaban J connectivity index is 1.18. The highest BCUT2D eigenvalue weighted by Crippen LogP contribution is 2.71. The van der Waals surface area contributed by atoms with Crippen molar-refractivity contribution in [1.82, 2.24) is 0 Å². The van der Waals surface area contributed by atoms with Crippen molar-refractivity contribution < 1.29 is 14.2 Å². The molecule has 2 heterocycles. The molecule has 3 saturated carbocycles. The summed E-state index contributed by atoms with van der Waals surface area (Å²) >= 11 is 0. The Morgan fingerprint density at radius 1 is 0.878 bits per heavy atom. The molecule has 7 atom stereocenters. The first-order valence-corrected chi connectivity index (χ1v) is 15.8. The molecule has 6 aliphatic rings. The van der Waals surface area contributed by atoms with Gasteiger partial charge in [-0.15, -0.1) is 0 Å². The van der Waals surface area contributed by atoms with Gasteiger partial charge in [-0.3, -0.25) is 0 Å². The molecule has 41 heavy (non-hydrogen) atoms. The largest absolute Gasteiger partial charge is 0.370 e. The van der Waals surface area contributed by atoms with Gasteiger partial charge in [0.2, 0.25) is 0 Å². The molecule has 5 fully saturated rings. The highest BCUT2D eigenvalue weighted by Gasteiger charge is 2.67. The third-order valence-electron chi connectivity index (χ3n) is 12.4. The Morgan fingerprint density at radius 3 is 2.29 bits per heavy atom. The molecule has 4 aliphatic carbocycles. The number of hydrogen-bond acceptors (Lipinski definition) is 4. The first-order chi connectivity index (χ1) is 20.0. The number of rotatable bonds is 2. The van der Waals surface area contributed by atoms with Gasteiger partial charge in [-0.05, 0) is 103 Å². The SMILES string of the molecule is C=C1CCO[C@@]12CCC1C3CC=C4CC5(CC[C@@H]4C3[C@@H](c3ccc(-c4ccc(C#N)cc4)cc3)C[C@@]12C)OCCO5. The summed E-state index contributed by atoms with van der Waals surface area (Å²) < 4.78 is 19.1. The van der Waals surface area contributed by atoms with E-state index in [-0.39, 0.29) is 16.8 Å². The highest BCUT2D eigenvalue weighted by molar-refractivity contribution is 5.64. The Bertz CT molecular complexity index is 1430. The summed E-state index contributed by atoms with van der Waals surface area (Å²) in [4.78, 5) is 0. The van der Waals surface area contributed by atoms with E-state index in [0.717, 1.165) is 70.3 Å². The Labute approximate surface area is 244 Å². The van der Waals surface area contributed by atoms with E-state index in [9.17, 15) is 5.26 Å². The molecule has 0 radical (unpaired) electrons. The smallest absolute Gasteiger partial charge is 0.172 e. The normalized spacial score (nSPS) is 38.8. The summed E-state index contributed by atoms with van der Waals surface area (Å²) in [5.74, 6) is 2.69. The van der Waals surface area contributed by atoms with Crippen LogP contribution in [0.3, 0.4) is 0 Å². The number of fused-ring (bicyclic) bond motifs is 6. The standard InChI is InChI=1S/C37H41NO3/c1-24-15-18-41-37(24)17-14-33-31-12-11-29-21-36(39-19-20-40-36)16-13-30(29)34(31)32(22-35(33,37)2)28-9-7-27(8-10-28)26-5-3-25(23-38)4-6-26/h3-11,30-34H,1,12-22H2,2H3/t30-,31?,32+,33?,34?,35-,37-/m0/s1. The molecule has 0 amide bonds. The molecule has 2 aromatic rings. The van der Waals surface area contributed by atoms with Crippen molar-refractivity contribution in [3.63, 3.8) is 0 Å². The van der Waals surface area contributed by atoms with Crippen LogP contribution in [0.2, 0.25) is 0 Å². The Hall–Kier alpha value is -2.71. The molecule has 2 saturated heterocycles. The topological polar surface area (TPSA) is 51.5 Å². The molecular formula is C37H41NO3. The van der Waals surface area contributed by atoms with E-state index < -0.39 is 0 Å². The average Bonchev–Trinajstić information content (AvgIpc) is 3.70. The van der Waals surface area contributed by atoms with Gasteiger partial charge in [-0.1, -0.05) is 61.5 Å². The van der Waals surface area contributed by atoms with Crippen LogP contribution >= 0.6 is 0 Å². The van der Waals surface area contributed by atoms with Crippen LogP contribution in [-0.2, 0) is 14.2 Å². The minimum absolute atomic E-state index is 0.108. The zero-order chi connectivity index (χ0) is 27.8. The third kappa shape index (κ3) is 3.75. The maximum atomic E-state index is 9.21. The summed E-state index contributed by atoms with van der Waals surface area (Å²) in [6.45, 7) is 9.45. The molecule has 2 aliphatic heterocycles. The van der Waals surface area contributed by atoms with Gasteiger partial charge in [0.15, 0.2) is 5.79 Å². The molecule has 2 aromatic carbocycles. The van der Waals surface area contributed by atoms with Crippen molar-refractivity contribution in [2.24, 2.45) is 29.1 Å². The van der Waals surface area contributed by atoms with Crippen molar-refractivity contribution >= 4 is 0 Å². The number of allylic oxidation sites excluding steroid dienone is 1. The fourth-order valence-electron chi connectivity index (χ4n) is 10.6. The van der Waals surface area contributed by atoms with Gasteiger partial charge < -0.3 is 14.2 Å². The van der Waals surface area contributed by atoms with Gasteiger partial charge in [-0.25, -0.2) is 0 Å². The van der Waals surface area contributed by atoms with E-state index in [1.807, 2.05) is 12.1 Å². The van der Waals surface area contributed by atoms with Crippen LogP contribution in [0.15, 0.2) is 72.3 Å². The van der Waals surface area contributed by atoms with E-state index in [1.54, 1.807) is 5.57 Å². The van der Waals surface area contributed by atoms with Crippen LogP contribution in [-0.4, -0.2) is 31.2 Å². The molecule has 0 bridgehead atoms. The predicted octanol–water partition coefficient (Wildman–Crippen LogP) is 7.95. The monoisotopic (exact) mass is 547 g/mol. The molecule has 3 unspecified atom stereocenters. The predicted molar refractivity (Wildman–Crippen MR) is 159 cm³/mol. The molecule has 4 nitrogen and oxygen atoms in total. The number of hydrogen-bond donors (Lipinski definition) is 0. The van der Waals surface area contributed by atoms with Crippen LogP contribution in [0.5, 0.6) is 0 Å². The summed E-state index contributed by atoms with van der Waals surface area (Å²) in [6, 6.07) is 19.6. The van der Waals surface area contributed by atoms with Crippen LogP contribution in [0.25, 0.3) is 11.1 Å². The lowest BCUT2D eigenvalue weighted by Crippen LogP contribution is -2.55. The quantitative estimate of drug-likeness (QED) is 0.358. The lowest BCUT2D eigenvalue weighted by Gasteiger charge is -2.59. The second-order valence-corrected chi connectivity index (χ2v) is 13.9. The van der Waals surface area contributed by atoms with Crippen molar-refractivity contribution in [3.05, 3.63) is 83.5 Å². The van der Waals surface area contributed by atoms with Crippen LogP contribution in [0.4, 0.5) is 0 Å². The van der Waals surface area contributed by atoms with Crippen LogP contribution < -0.4 is 0 Å². The second kappa shape index (κ2) is 9.40. The van der Waals surface area contributed by atoms with E-state index in [2.05, 4.69) is 62.0 Å². The van der Waals surface area contributed by atoms with Crippen LogP contribution in [0.1, 0.15) is 75.3 Å². The summed E-state index contributed by atoms with van der Waals surface area (Å²) in [5, 5.41) is 9.21. The van der Waals surface area contributed by atoms with Crippen molar-refractivity contribution in [2.45, 2.75) is 75.6 Å². The zero-order valence-corrected chi connectivity index (χ0v) is 24.2. The van der Waals surface area contributed by atoms with Gasteiger partial charge in [0.25, 0.3) is 0 Å². The fourth-order valence-corrected chi connectivity index (χ4v) is 10.6. The second-order valence-electron chi connectivity index (χ2n) is 13.9. The van der Waals surface area contributed by atoms with E-state index in [1.165, 1.54) is 23.1 Å². The third-order valence-corrected chi connectivity index (χ3v) is 12.4. The number of ether oxygens (including phenoxy) is 3. The zero-order valence-electron chi connectivity index (χ0n) is 24.2. The molecule has 212 valence electrons. The molecule has 8 rings (SSSR count). The van der Waals surface area contributed by atoms with Crippen LogP contribution in [0, 0.1) is 40.4 Å². The maximum absolute atomic E-state index is 9.21. The fraction of sp³-hybridized carbons (Fsp3) is 0.541. The summed E-state index contributed by atoms with van der Waals surface area (Å²) in [6.07, 6.45) is 11.4. The minimum atomic E-state index is -0.372. The molecule has 4 heteroatoms. The molecular weight excluding hydrogens is 506 g/mol. The van der Waals surface area contributed by atoms with Gasteiger partial charge in [-0.2, -0.15) is 5.26 Å². The minimum Gasteiger partial charge on any atom is -0.370 e. The van der Waals surface area contributed by atoms with Crippen molar-refractivity contribution in [1.29, 1.82) is 5.26 Å². The summed E-state index contributed by atoms with van der Waals surface area (Å²) in [5.41, 5.74) is 7.43. The first-order valence-electron chi connectivity index (χ1n) is 15.8. The van der Waals surface area contributed by atoms with Gasteiger partial charge in [0.05, 0.1) is 37.1 Å². The van der Waals surface area contributed by atoms with E-state index in [4.69, 9.17) is 14.2 Å². The average molecular weight is 548 g/mol. The molecule has 0 N–H and O–H groups in total. The number of benzene rings is 2. The van der Waals surface area contributed by atoms with E-state index >= 15 is 0 Å². The Kier molecular flexibility index (Phi) is 5.95. The number of nitrogens with zero attached hydrogens (tertiary/aromatic N) is 1. The van der Waals surface area contributed by atoms with E-state index in [0.29, 0.717) is 35.2 Å². The van der Waals surface area contributed by atoms with Crippen molar-refractivity contribution in [3.8, 4) is 17.2 Å². The maximum Gasteiger partial charge on any atom is 0.172 e. The first kappa shape index (κ1) is 26.0. The summed E-state index contributed by atoms with van der Waals surface area (Å²) in [7, 11) is 0. The Morgan fingerprint density at radius 2 is 1.61 bits per heavy atom. The number of nitriles is 1. The molecule has 2 spiro atoms. The van der Waals surface area contributed by atoms with Crippen molar-refractivity contribution in [2.75, 3.05) is 19.8 Å². The lowest BCUT2D eigenvalue weighted by molar-refractivity contribution is -0.178. The van der Waals surface area contributed by atoms with Gasteiger partial charge in [0, 0.05) is 18.3 Å². The lowest BCUT2D eigenvalue weighted by atomic mass is 9.46. The molecule has 0 aromatic heterocycles. The van der Waals surface area contributed by atoms with Gasteiger partial charge in [0.1, 0.15) is 0 Å². The van der Waals surface area contributed by atoms with Gasteiger partial charge >= 0.3 is 0 Å². The highest BCUT2D eigenvalue weighted by atomic mass is 16.7.